The predicted octanol–water partition coefficient (Wildman–Crippen LogP) is 2.41. The Hall–Kier alpha value is -2.45. The van der Waals surface area contributed by atoms with Crippen LogP contribution in [-0.2, 0) is 0 Å². The Balaban J connectivity index is 2.16. The summed E-state index contributed by atoms with van der Waals surface area (Å²) >= 11 is 5.79. The Morgan fingerprint density at radius 2 is 2.00 bits per heavy atom. The molecule has 0 spiro atoms. The summed E-state index contributed by atoms with van der Waals surface area (Å²) in [4.78, 5) is 1.41. The molecule has 0 atom stereocenters. The highest BCUT2D eigenvalue weighted by molar-refractivity contribution is 6.30. The van der Waals surface area contributed by atoms with Gasteiger partial charge in [0.1, 0.15) is 0 Å². The molecule has 0 aliphatic heterocycles. The molecule has 0 N–H and O–H groups in total. The van der Waals surface area contributed by atoms with Gasteiger partial charge in [0.25, 0.3) is 0 Å². The number of hydrogen-bond donors (Lipinski definition) is 0. The molecule has 88 valence electrons. The van der Waals surface area contributed by atoms with Crippen molar-refractivity contribution >= 4 is 17.7 Å². The summed E-state index contributed by atoms with van der Waals surface area (Å²) in [5.74, 6) is 0.465. The quantitative estimate of drug-likeness (QED) is 0.625. The SMILES string of the molecule is N#C/C=C/C=C\c1nnn(-c2ccc(Cl)cc2)n1. The lowest BCUT2D eigenvalue weighted by Gasteiger charge is -1.96. The molecule has 2 rings (SSSR count). The topological polar surface area (TPSA) is 67.4 Å². The molecule has 0 bridgehead atoms. The molecule has 2 aromatic rings. The molecular weight excluding hydrogens is 250 g/mol. The molecule has 1 aromatic heterocycles. The molecule has 0 saturated heterocycles. The highest BCUT2D eigenvalue weighted by Crippen LogP contribution is 2.11. The third-order valence-corrected chi connectivity index (χ3v) is 2.27. The lowest BCUT2D eigenvalue weighted by Crippen LogP contribution is -1.98. The molecule has 0 amide bonds. The Morgan fingerprint density at radius 1 is 1.22 bits per heavy atom. The van der Waals surface area contributed by atoms with Gasteiger partial charge < -0.3 is 0 Å². The summed E-state index contributed by atoms with van der Waals surface area (Å²) in [5, 5.41) is 20.9. The Morgan fingerprint density at radius 3 is 2.72 bits per heavy atom. The first-order valence-electron chi connectivity index (χ1n) is 5.08. The summed E-state index contributed by atoms with van der Waals surface area (Å²) in [6, 6.07) is 8.99. The number of hydrogen-bond acceptors (Lipinski definition) is 4. The fourth-order valence-electron chi connectivity index (χ4n) is 1.22. The van der Waals surface area contributed by atoms with Crippen molar-refractivity contribution in [2.75, 3.05) is 0 Å². The Bertz CT molecular complexity index is 619. The number of tetrazole rings is 1. The predicted molar refractivity (Wildman–Crippen MR) is 68.0 cm³/mol. The van der Waals surface area contributed by atoms with Crippen molar-refractivity contribution in [3.05, 3.63) is 53.3 Å². The van der Waals surface area contributed by atoms with Crippen LogP contribution in [0.5, 0.6) is 0 Å². The van der Waals surface area contributed by atoms with E-state index in [9.17, 15) is 0 Å². The van der Waals surface area contributed by atoms with E-state index in [2.05, 4.69) is 15.4 Å². The number of aromatic nitrogens is 4. The molecule has 0 fully saturated rings. The average Bonchev–Trinajstić information content (AvgIpc) is 2.84. The Kier molecular flexibility index (Phi) is 3.84. The van der Waals surface area contributed by atoms with E-state index in [1.54, 1.807) is 42.5 Å². The van der Waals surface area contributed by atoms with Gasteiger partial charge in [0.15, 0.2) is 5.82 Å². The maximum Gasteiger partial charge on any atom is 0.198 e. The fraction of sp³-hybridized carbons (Fsp3) is 0. The average molecular weight is 258 g/mol. The zero-order chi connectivity index (χ0) is 12.8. The van der Waals surface area contributed by atoms with Crippen molar-refractivity contribution in [2.45, 2.75) is 0 Å². The summed E-state index contributed by atoms with van der Waals surface area (Å²) in [6.07, 6.45) is 6.29. The third kappa shape index (κ3) is 3.03. The largest absolute Gasteiger partial charge is 0.198 e. The van der Waals surface area contributed by atoms with Crippen LogP contribution in [0.25, 0.3) is 11.8 Å². The van der Waals surface area contributed by atoms with Gasteiger partial charge in [-0.05, 0) is 35.6 Å². The van der Waals surface area contributed by atoms with Crippen molar-refractivity contribution < 1.29 is 0 Å². The van der Waals surface area contributed by atoms with E-state index in [0.717, 1.165) is 5.69 Å². The number of rotatable bonds is 3. The van der Waals surface area contributed by atoms with E-state index in [0.29, 0.717) is 10.8 Å². The van der Waals surface area contributed by atoms with Crippen LogP contribution in [0, 0.1) is 11.3 Å². The van der Waals surface area contributed by atoms with E-state index in [1.807, 2.05) is 6.07 Å². The van der Waals surface area contributed by atoms with Crippen LogP contribution < -0.4 is 0 Å². The standard InChI is InChI=1S/C12H8ClN5/c13-10-5-7-11(8-6-10)18-16-12(15-17-18)4-2-1-3-9-14/h1-8H/b3-1+,4-2-. The molecule has 1 heterocycles. The summed E-state index contributed by atoms with van der Waals surface area (Å²) in [6.45, 7) is 0. The van der Waals surface area contributed by atoms with E-state index in [4.69, 9.17) is 16.9 Å². The number of benzene rings is 1. The van der Waals surface area contributed by atoms with Crippen molar-refractivity contribution in [2.24, 2.45) is 0 Å². The van der Waals surface area contributed by atoms with Gasteiger partial charge in [0.05, 0.1) is 11.8 Å². The second-order valence-electron chi connectivity index (χ2n) is 3.26. The second kappa shape index (κ2) is 5.75. The van der Waals surface area contributed by atoms with Gasteiger partial charge in [0, 0.05) is 11.1 Å². The number of halogens is 1. The maximum atomic E-state index is 8.31. The van der Waals surface area contributed by atoms with E-state index < -0.39 is 0 Å². The minimum atomic E-state index is 0.465. The molecule has 0 saturated carbocycles. The van der Waals surface area contributed by atoms with Gasteiger partial charge in [-0.15, -0.1) is 15.0 Å². The highest BCUT2D eigenvalue weighted by Gasteiger charge is 2.01. The number of nitrogens with zero attached hydrogens (tertiary/aromatic N) is 5. The van der Waals surface area contributed by atoms with E-state index >= 15 is 0 Å². The minimum Gasteiger partial charge on any atom is -0.193 e. The molecule has 5 nitrogen and oxygen atoms in total. The molecule has 0 aliphatic rings. The summed E-state index contributed by atoms with van der Waals surface area (Å²) in [7, 11) is 0. The van der Waals surface area contributed by atoms with Gasteiger partial charge in [-0.3, -0.25) is 0 Å². The third-order valence-electron chi connectivity index (χ3n) is 2.01. The van der Waals surface area contributed by atoms with Crippen LogP contribution in [0.15, 0.2) is 42.5 Å². The first-order valence-corrected chi connectivity index (χ1v) is 5.46. The number of nitriles is 1. The number of allylic oxidation sites excluding steroid dienone is 3. The first-order chi connectivity index (χ1) is 8.79. The van der Waals surface area contributed by atoms with E-state index in [1.165, 1.54) is 10.9 Å². The lowest BCUT2D eigenvalue weighted by atomic mass is 10.3. The fourth-order valence-corrected chi connectivity index (χ4v) is 1.34. The van der Waals surface area contributed by atoms with Crippen LogP contribution in [0.1, 0.15) is 5.82 Å². The first kappa shape index (κ1) is 12.0. The van der Waals surface area contributed by atoms with Crippen LogP contribution in [0.4, 0.5) is 0 Å². The van der Waals surface area contributed by atoms with E-state index in [-0.39, 0.29) is 0 Å². The van der Waals surface area contributed by atoms with Crippen LogP contribution in [0.2, 0.25) is 5.02 Å². The monoisotopic (exact) mass is 257 g/mol. The Labute approximate surface area is 109 Å². The van der Waals surface area contributed by atoms with Crippen molar-refractivity contribution in [1.29, 1.82) is 5.26 Å². The van der Waals surface area contributed by atoms with Crippen molar-refractivity contribution in [3.8, 4) is 11.8 Å². The zero-order valence-corrected chi connectivity index (χ0v) is 9.99. The van der Waals surface area contributed by atoms with Gasteiger partial charge in [-0.1, -0.05) is 23.8 Å². The maximum absolute atomic E-state index is 8.31. The van der Waals surface area contributed by atoms with Crippen LogP contribution in [0.3, 0.4) is 0 Å². The second-order valence-corrected chi connectivity index (χ2v) is 3.70. The summed E-state index contributed by atoms with van der Waals surface area (Å²) < 4.78 is 0. The van der Waals surface area contributed by atoms with Gasteiger partial charge in [-0.25, -0.2) is 0 Å². The smallest absolute Gasteiger partial charge is 0.193 e. The van der Waals surface area contributed by atoms with Crippen LogP contribution >= 0.6 is 11.6 Å². The highest BCUT2D eigenvalue weighted by atomic mass is 35.5. The van der Waals surface area contributed by atoms with Crippen molar-refractivity contribution in [1.82, 2.24) is 20.2 Å². The van der Waals surface area contributed by atoms with Gasteiger partial charge in [-0.2, -0.15) is 5.26 Å². The zero-order valence-electron chi connectivity index (χ0n) is 9.23. The molecular formula is C12H8ClN5. The molecule has 18 heavy (non-hydrogen) atoms. The minimum absolute atomic E-state index is 0.465. The lowest BCUT2D eigenvalue weighted by molar-refractivity contribution is 0.719. The molecule has 1 aromatic carbocycles. The molecule has 6 heteroatoms. The van der Waals surface area contributed by atoms with Gasteiger partial charge in [0.2, 0.25) is 0 Å². The summed E-state index contributed by atoms with van der Waals surface area (Å²) in [5.41, 5.74) is 0.777. The molecule has 0 aliphatic carbocycles. The molecule has 0 unspecified atom stereocenters. The normalized spacial score (nSPS) is 11.1. The van der Waals surface area contributed by atoms with Crippen molar-refractivity contribution in [3.63, 3.8) is 0 Å². The van der Waals surface area contributed by atoms with Gasteiger partial charge >= 0.3 is 0 Å². The van der Waals surface area contributed by atoms with Crippen LogP contribution in [-0.4, -0.2) is 20.2 Å². The molecule has 0 radical (unpaired) electrons.